The van der Waals surface area contributed by atoms with Gasteiger partial charge in [-0.25, -0.2) is 9.37 Å². The van der Waals surface area contributed by atoms with E-state index in [1.165, 1.54) is 12.1 Å². The lowest BCUT2D eigenvalue weighted by atomic mass is 10.1. The molecule has 7 nitrogen and oxygen atoms in total. The van der Waals surface area contributed by atoms with Crippen LogP contribution in [-0.2, 0) is 13.0 Å². The SMILES string of the molecule is CCN(CC)CCn1c(Cc2ccc(OCCF)cc2)nc2cc([N+](=O)[O-])ccc21. The standard InChI is InChI=1S/C22H27FN4O3/c1-3-25(4-2)12-13-26-21-10-7-18(27(28)29)16-20(21)24-22(26)15-17-5-8-19(9-6-17)30-14-11-23/h5-10,16H,3-4,11-15H2,1-2H3. The van der Waals surface area contributed by atoms with Crippen LogP contribution in [0.4, 0.5) is 10.1 Å². The maximum absolute atomic E-state index is 12.3. The van der Waals surface area contributed by atoms with Gasteiger partial charge in [-0.3, -0.25) is 10.1 Å². The highest BCUT2D eigenvalue weighted by Gasteiger charge is 2.16. The van der Waals surface area contributed by atoms with Crippen molar-refractivity contribution in [2.24, 2.45) is 0 Å². The number of ether oxygens (including phenoxy) is 1. The van der Waals surface area contributed by atoms with Crippen LogP contribution in [0.1, 0.15) is 25.2 Å². The van der Waals surface area contributed by atoms with Crippen LogP contribution in [0.2, 0.25) is 0 Å². The summed E-state index contributed by atoms with van der Waals surface area (Å²) < 4.78 is 19.7. The molecule has 0 aliphatic heterocycles. The first kappa shape index (κ1) is 21.7. The van der Waals surface area contributed by atoms with Crippen LogP contribution in [0.15, 0.2) is 42.5 Å². The number of alkyl halides is 1. The van der Waals surface area contributed by atoms with Crippen molar-refractivity contribution in [1.29, 1.82) is 0 Å². The lowest BCUT2D eigenvalue weighted by Crippen LogP contribution is -2.27. The monoisotopic (exact) mass is 414 g/mol. The summed E-state index contributed by atoms with van der Waals surface area (Å²) in [7, 11) is 0. The molecule has 8 heteroatoms. The number of benzene rings is 2. The number of hydrogen-bond donors (Lipinski definition) is 0. The zero-order chi connectivity index (χ0) is 21.5. The van der Waals surface area contributed by atoms with E-state index in [0.29, 0.717) is 17.7 Å². The van der Waals surface area contributed by atoms with Gasteiger partial charge in [0.25, 0.3) is 5.69 Å². The quantitative estimate of drug-likeness (QED) is 0.347. The summed E-state index contributed by atoms with van der Waals surface area (Å²) in [6.07, 6.45) is 0.587. The van der Waals surface area contributed by atoms with Crippen molar-refractivity contribution in [2.75, 3.05) is 32.9 Å². The number of nitro benzene ring substituents is 1. The fourth-order valence-corrected chi connectivity index (χ4v) is 3.49. The van der Waals surface area contributed by atoms with Crippen molar-refractivity contribution in [1.82, 2.24) is 14.5 Å². The first-order valence-electron chi connectivity index (χ1n) is 10.2. The largest absolute Gasteiger partial charge is 0.491 e. The Morgan fingerprint density at radius 3 is 2.53 bits per heavy atom. The molecule has 0 saturated carbocycles. The predicted octanol–water partition coefficient (Wildman–Crippen LogP) is 4.23. The molecule has 0 aliphatic carbocycles. The average molecular weight is 414 g/mol. The number of fused-ring (bicyclic) bond motifs is 1. The summed E-state index contributed by atoms with van der Waals surface area (Å²) in [5.41, 5.74) is 2.60. The zero-order valence-corrected chi connectivity index (χ0v) is 17.4. The van der Waals surface area contributed by atoms with E-state index in [9.17, 15) is 14.5 Å². The van der Waals surface area contributed by atoms with Gasteiger partial charge in [0.1, 0.15) is 24.9 Å². The van der Waals surface area contributed by atoms with Gasteiger partial charge in [0.15, 0.2) is 0 Å². The molecule has 0 bridgehead atoms. The molecule has 3 rings (SSSR count). The predicted molar refractivity (Wildman–Crippen MR) is 115 cm³/mol. The van der Waals surface area contributed by atoms with E-state index in [1.807, 2.05) is 24.3 Å². The van der Waals surface area contributed by atoms with E-state index in [1.54, 1.807) is 6.07 Å². The van der Waals surface area contributed by atoms with Crippen molar-refractivity contribution in [3.63, 3.8) is 0 Å². The van der Waals surface area contributed by atoms with Crippen LogP contribution in [-0.4, -0.2) is 52.3 Å². The van der Waals surface area contributed by atoms with Crippen LogP contribution in [0.25, 0.3) is 11.0 Å². The van der Waals surface area contributed by atoms with Crippen molar-refractivity contribution < 1.29 is 14.1 Å². The Balaban J connectivity index is 1.90. The highest BCUT2D eigenvalue weighted by molar-refractivity contribution is 5.78. The number of imidazole rings is 1. The molecule has 0 fully saturated rings. The Morgan fingerprint density at radius 2 is 1.90 bits per heavy atom. The second-order valence-electron chi connectivity index (χ2n) is 6.99. The van der Waals surface area contributed by atoms with Crippen molar-refractivity contribution in [3.8, 4) is 5.75 Å². The second kappa shape index (κ2) is 10.2. The fraction of sp³-hybridized carbons (Fsp3) is 0.409. The summed E-state index contributed by atoms with van der Waals surface area (Å²) in [6.45, 7) is 7.33. The smallest absolute Gasteiger partial charge is 0.271 e. The molecule has 3 aromatic rings. The van der Waals surface area contributed by atoms with Gasteiger partial charge in [-0.1, -0.05) is 26.0 Å². The normalized spacial score (nSPS) is 11.3. The molecule has 2 aromatic carbocycles. The van der Waals surface area contributed by atoms with Gasteiger partial charge in [-0.15, -0.1) is 0 Å². The summed E-state index contributed by atoms with van der Waals surface area (Å²) >= 11 is 0. The molecule has 0 unspecified atom stereocenters. The Hall–Kier alpha value is -3.00. The van der Waals surface area contributed by atoms with E-state index in [4.69, 9.17) is 9.72 Å². The van der Waals surface area contributed by atoms with Crippen molar-refractivity contribution in [3.05, 3.63) is 64.0 Å². The van der Waals surface area contributed by atoms with Gasteiger partial charge >= 0.3 is 0 Å². The van der Waals surface area contributed by atoms with Gasteiger partial charge in [-0.05, 0) is 36.9 Å². The van der Waals surface area contributed by atoms with Crippen LogP contribution in [0, 0.1) is 10.1 Å². The van der Waals surface area contributed by atoms with Crippen molar-refractivity contribution >= 4 is 16.7 Å². The summed E-state index contributed by atoms with van der Waals surface area (Å²) in [4.78, 5) is 17.8. The summed E-state index contributed by atoms with van der Waals surface area (Å²) in [6, 6.07) is 12.3. The Morgan fingerprint density at radius 1 is 1.17 bits per heavy atom. The molecule has 0 saturated heterocycles. The van der Waals surface area contributed by atoms with E-state index in [2.05, 4.69) is 23.3 Å². The fourth-order valence-electron chi connectivity index (χ4n) is 3.49. The van der Waals surface area contributed by atoms with Crippen LogP contribution >= 0.6 is 0 Å². The van der Waals surface area contributed by atoms with Crippen LogP contribution < -0.4 is 4.74 Å². The van der Waals surface area contributed by atoms with Gasteiger partial charge in [0.05, 0.1) is 16.0 Å². The van der Waals surface area contributed by atoms with Gasteiger partial charge < -0.3 is 14.2 Å². The van der Waals surface area contributed by atoms with E-state index in [0.717, 1.165) is 43.1 Å². The maximum Gasteiger partial charge on any atom is 0.271 e. The first-order chi connectivity index (χ1) is 14.5. The number of nitro groups is 1. The molecule has 0 N–H and O–H groups in total. The van der Waals surface area contributed by atoms with Gasteiger partial charge in [0, 0.05) is 31.6 Å². The number of hydrogen-bond acceptors (Lipinski definition) is 5. The number of rotatable bonds is 11. The maximum atomic E-state index is 12.3. The van der Waals surface area contributed by atoms with Crippen molar-refractivity contribution in [2.45, 2.75) is 26.8 Å². The molecular formula is C22H27FN4O3. The molecule has 30 heavy (non-hydrogen) atoms. The summed E-state index contributed by atoms with van der Waals surface area (Å²) in [5.74, 6) is 1.48. The van der Waals surface area contributed by atoms with Gasteiger partial charge in [-0.2, -0.15) is 0 Å². The van der Waals surface area contributed by atoms with Crippen LogP contribution in [0.3, 0.4) is 0 Å². The number of nitrogens with zero attached hydrogens (tertiary/aromatic N) is 4. The highest BCUT2D eigenvalue weighted by Crippen LogP contribution is 2.24. The third-order valence-electron chi connectivity index (χ3n) is 5.19. The van der Waals surface area contributed by atoms with E-state index in [-0.39, 0.29) is 12.3 Å². The second-order valence-corrected chi connectivity index (χ2v) is 6.99. The van der Waals surface area contributed by atoms with Gasteiger partial charge in [0.2, 0.25) is 0 Å². The van der Waals surface area contributed by atoms with E-state index < -0.39 is 11.6 Å². The third kappa shape index (κ3) is 5.13. The summed E-state index contributed by atoms with van der Waals surface area (Å²) in [5, 5.41) is 11.2. The molecule has 1 aromatic heterocycles. The molecule has 160 valence electrons. The molecular weight excluding hydrogens is 387 g/mol. The molecule has 0 radical (unpaired) electrons. The Bertz CT molecular complexity index is 984. The Kier molecular flexibility index (Phi) is 7.35. The minimum absolute atomic E-state index is 0.0387. The highest BCUT2D eigenvalue weighted by atomic mass is 19.1. The number of non-ortho nitro benzene ring substituents is 1. The minimum Gasteiger partial charge on any atom is -0.491 e. The first-order valence-corrected chi connectivity index (χ1v) is 10.2. The van der Waals surface area contributed by atoms with Crippen LogP contribution in [0.5, 0.6) is 5.75 Å². The third-order valence-corrected chi connectivity index (χ3v) is 5.19. The molecule has 0 atom stereocenters. The molecule has 0 amide bonds. The Labute approximate surface area is 175 Å². The molecule has 0 aliphatic rings. The molecule has 1 heterocycles. The van der Waals surface area contributed by atoms with E-state index >= 15 is 0 Å². The zero-order valence-electron chi connectivity index (χ0n) is 17.4. The number of aromatic nitrogens is 2. The average Bonchev–Trinajstić information content (AvgIpc) is 3.10. The lowest BCUT2D eigenvalue weighted by molar-refractivity contribution is -0.384. The topological polar surface area (TPSA) is 73.4 Å². The number of likely N-dealkylation sites (N-methyl/N-ethyl adjacent to an activating group) is 1. The minimum atomic E-state index is -0.523. The lowest BCUT2D eigenvalue weighted by Gasteiger charge is -2.19. The number of halogens is 1. The molecule has 0 spiro atoms.